The smallest absolute Gasteiger partial charge is 0.345 e. The number of nitrogens with one attached hydrogen (secondary N) is 1. The Hall–Kier alpha value is -1.37. The molecule has 0 spiro atoms. The minimum Gasteiger partial charge on any atom is -0.345 e. The van der Waals surface area contributed by atoms with Gasteiger partial charge in [0.05, 0.1) is 4.70 Å². The average molecular weight is 248 g/mol. The van der Waals surface area contributed by atoms with E-state index in [0.717, 1.165) is 0 Å². The number of carbonyl (C=O) groups excluding carboxylic acids is 1. The predicted molar refractivity (Wildman–Crippen MR) is 53.4 cm³/mol. The summed E-state index contributed by atoms with van der Waals surface area (Å²) in [6.07, 6.45) is -2.78. The summed E-state index contributed by atoms with van der Waals surface area (Å²) >= 11 is 0.560. The van der Waals surface area contributed by atoms with Crippen LogP contribution in [0.15, 0.2) is 6.20 Å². The van der Waals surface area contributed by atoms with E-state index < -0.39 is 11.2 Å². The Bertz CT molecular complexity index is 540. The van der Waals surface area contributed by atoms with Gasteiger partial charge in [0.25, 0.3) is 0 Å². The number of fused-ring (bicyclic) bond motifs is 1. The highest BCUT2D eigenvalue weighted by molar-refractivity contribution is 7.18. The Balaban J connectivity index is 2.47. The van der Waals surface area contributed by atoms with E-state index in [9.17, 15) is 18.0 Å². The fourth-order valence-electron chi connectivity index (χ4n) is 1.38. The number of hydrogen-bond acceptors (Lipinski definition) is 3. The van der Waals surface area contributed by atoms with Crippen LogP contribution < -0.4 is 0 Å². The zero-order valence-electron chi connectivity index (χ0n) is 8.18. The second-order valence-electron chi connectivity index (χ2n) is 3.39. The number of carbonyl (C=O) groups is 1. The topological polar surface area (TPSA) is 45.8 Å². The van der Waals surface area contributed by atoms with E-state index in [4.69, 9.17) is 0 Å². The number of thiazole rings is 1. The van der Waals surface area contributed by atoms with E-state index >= 15 is 0 Å². The summed E-state index contributed by atoms with van der Waals surface area (Å²) in [4.78, 5) is 17.0. The molecule has 86 valence electrons. The molecule has 2 rings (SSSR count). The van der Waals surface area contributed by atoms with Crippen LogP contribution >= 0.6 is 11.3 Å². The molecule has 0 aliphatic rings. The number of H-pyrrole nitrogens is 1. The zero-order valence-corrected chi connectivity index (χ0v) is 9.00. The molecule has 0 saturated carbocycles. The maximum absolute atomic E-state index is 12.4. The van der Waals surface area contributed by atoms with Gasteiger partial charge >= 0.3 is 6.18 Å². The number of Topliss-reactive ketones (excluding diaryl/α,β-unsaturated/α-hetero) is 1. The summed E-state index contributed by atoms with van der Waals surface area (Å²) < 4.78 is 37.5. The SMILES string of the molecule is CC(=O)Cc1c[nH]c2nc(C(F)(F)F)sc12. The summed E-state index contributed by atoms with van der Waals surface area (Å²) in [6.45, 7) is 1.39. The van der Waals surface area contributed by atoms with Crippen LogP contribution in [-0.4, -0.2) is 15.8 Å². The van der Waals surface area contributed by atoms with E-state index in [2.05, 4.69) is 9.97 Å². The first-order valence-corrected chi connectivity index (χ1v) is 5.23. The number of hydrogen-bond donors (Lipinski definition) is 1. The molecule has 0 amide bonds. The molecule has 7 heteroatoms. The lowest BCUT2D eigenvalue weighted by atomic mass is 10.2. The van der Waals surface area contributed by atoms with E-state index in [1.165, 1.54) is 13.1 Å². The Kier molecular flexibility index (Phi) is 2.49. The second kappa shape index (κ2) is 3.58. The number of rotatable bonds is 2. The molecule has 0 unspecified atom stereocenters. The lowest BCUT2D eigenvalue weighted by Crippen LogP contribution is -2.03. The van der Waals surface area contributed by atoms with Crippen molar-refractivity contribution in [3.8, 4) is 0 Å². The third-order valence-electron chi connectivity index (χ3n) is 1.98. The summed E-state index contributed by atoms with van der Waals surface area (Å²) in [5.41, 5.74) is 0.754. The molecule has 0 atom stereocenters. The highest BCUT2D eigenvalue weighted by Crippen LogP contribution is 2.36. The lowest BCUT2D eigenvalue weighted by molar-refractivity contribution is -0.137. The molecule has 2 aromatic rings. The van der Waals surface area contributed by atoms with Gasteiger partial charge in [-0.05, 0) is 12.5 Å². The number of aromatic nitrogens is 2. The molecule has 2 aromatic heterocycles. The maximum Gasteiger partial charge on any atom is 0.443 e. The third kappa shape index (κ3) is 1.95. The van der Waals surface area contributed by atoms with E-state index in [-0.39, 0.29) is 17.9 Å². The van der Waals surface area contributed by atoms with Crippen molar-refractivity contribution in [2.75, 3.05) is 0 Å². The predicted octanol–water partition coefficient (Wildman–Crippen LogP) is 2.77. The fraction of sp³-hybridized carbons (Fsp3) is 0.333. The van der Waals surface area contributed by atoms with Crippen molar-refractivity contribution < 1.29 is 18.0 Å². The standard InChI is InChI=1S/C9H7F3N2OS/c1-4(15)2-5-3-13-7-6(5)16-8(14-7)9(10,11)12/h3,13H,2H2,1H3. The van der Waals surface area contributed by atoms with Crippen molar-refractivity contribution in [1.29, 1.82) is 0 Å². The number of alkyl halides is 3. The van der Waals surface area contributed by atoms with Crippen LogP contribution in [0.2, 0.25) is 0 Å². The van der Waals surface area contributed by atoms with Crippen molar-refractivity contribution in [2.45, 2.75) is 19.5 Å². The molecule has 1 N–H and O–H groups in total. The van der Waals surface area contributed by atoms with Crippen LogP contribution in [0.25, 0.3) is 10.3 Å². The van der Waals surface area contributed by atoms with Crippen molar-refractivity contribution in [3.05, 3.63) is 16.8 Å². The van der Waals surface area contributed by atoms with Crippen molar-refractivity contribution in [2.24, 2.45) is 0 Å². The molecule has 0 bridgehead atoms. The van der Waals surface area contributed by atoms with Gasteiger partial charge in [-0.1, -0.05) is 0 Å². The van der Waals surface area contributed by atoms with Gasteiger partial charge in [-0.2, -0.15) is 13.2 Å². The number of ketones is 1. The van der Waals surface area contributed by atoms with Gasteiger partial charge in [0, 0.05) is 12.6 Å². The van der Waals surface area contributed by atoms with Gasteiger partial charge in [0.15, 0.2) is 0 Å². The Morgan fingerprint density at radius 1 is 1.56 bits per heavy atom. The number of halogens is 3. The van der Waals surface area contributed by atoms with E-state index in [1.54, 1.807) is 0 Å². The molecule has 3 nitrogen and oxygen atoms in total. The Morgan fingerprint density at radius 3 is 2.81 bits per heavy atom. The van der Waals surface area contributed by atoms with Crippen LogP contribution in [0.5, 0.6) is 0 Å². The quantitative estimate of drug-likeness (QED) is 0.888. The minimum absolute atomic E-state index is 0.0946. The molecule has 0 saturated heterocycles. The van der Waals surface area contributed by atoms with Gasteiger partial charge < -0.3 is 4.98 Å². The van der Waals surface area contributed by atoms with Crippen LogP contribution in [0.3, 0.4) is 0 Å². The molecule has 16 heavy (non-hydrogen) atoms. The summed E-state index contributed by atoms with van der Waals surface area (Å²) in [5, 5.41) is -0.890. The molecule has 0 fully saturated rings. The van der Waals surface area contributed by atoms with Gasteiger partial charge in [-0.25, -0.2) is 4.98 Å². The minimum atomic E-state index is -4.43. The van der Waals surface area contributed by atoms with Gasteiger partial charge in [-0.3, -0.25) is 4.79 Å². The molecule has 2 heterocycles. The summed E-state index contributed by atoms with van der Waals surface area (Å²) in [6, 6.07) is 0. The molecule has 0 aromatic carbocycles. The second-order valence-corrected chi connectivity index (χ2v) is 4.39. The molecule has 0 radical (unpaired) electrons. The molecular formula is C9H7F3N2OS. The van der Waals surface area contributed by atoms with Crippen LogP contribution in [0.1, 0.15) is 17.5 Å². The maximum atomic E-state index is 12.4. The van der Waals surface area contributed by atoms with Crippen molar-refractivity contribution in [1.82, 2.24) is 9.97 Å². The molecular weight excluding hydrogens is 241 g/mol. The fourth-order valence-corrected chi connectivity index (χ4v) is 2.29. The Morgan fingerprint density at radius 2 is 2.25 bits per heavy atom. The molecule has 0 aliphatic heterocycles. The van der Waals surface area contributed by atoms with Gasteiger partial charge in [-0.15, -0.1) is 11.3 Å². The largest absolute Gasteiger partial charge is 0.443 e. The van der Waals surface area contributed by atoms with Crippen LogP contribution in [0.4, 0.5) is 13.2 Å². The average Bonchev–Trinajstić information content (AvgIpc) is 2.64. The van der Waals surface area contributed by atoms with Gasteiger partial charge in [0.1, 0.15) is 11.4 Å². The third-order valence-corrected chi connectivity index (χ3v) is 3.16. The molecule has 0 aliphatic carbocycles. The first-order chi connectivity index (χ1) is 7.38. The van der Waals surface area contributed by atoms with Crippen LogP contribution in [-0.2, 0) is 17.4 Å². The van der Waals surface area contributed by atoms with Crippen molar-refractivity contribution in [3.63, 3.8) is 0 Å². The first kappa shape index (κ1) is 11.1. The van der Waals surface area contributed by atoms with E-state index in [0.29, 0.717) is 21.6 Å². The zero-order chi connectivity index (χ0) is 11.9. The highest BCUT2D eigenvalue weighted by atomic mass is 32.1. The lowest BCUT2D eigenvalue weighted by Gasteiger charge is -1.98. The van der Waals surface area contributed by atoms with E-state index in [1.807, 2.05) is 0 Å². The summed E-state index contributed by atoms with van der Waals surface area (Å²) in [5.74, 6) is -0.0946. The normalized spacial score (nSPS) is 12.2. The van der Waals surface area contributed by atoms with Gasteiger partial charge in [0.2, 0.25) is 5.01 Å². The Labute approximate surface area is 92.3 Å². The monoisotopic (exact) mass is 248 g/mol. The highest BCUT2D eigenvalue weighted by Gasteiger charge is 2.35. The summed E-state index contributed by atoms with van der Waals surface area (Å²) in [7, 11) is 0. The first-order valence-electron chi connectivity index (χ1n) is 4.41. The number of nitrogens with zero attached hydrogens (tertiary/aromatic N) is 1. The van der Waals surface area contributed by atoms with Crippen molar-refractivity contribution >= 4 is 27.5 Å². The van der Waals surface area contributed by atoms with Crippen LogP contribution in [0, 0.1) is 0 Å². The number of aromatic amines is 1.